The maximum atomic E-state index is 12.8. The van der Waals surface area contributed by atoms with E-state index < -0.39 is 0 Å². The van der Waals surface area contributed by atoms with E-state index in [1.165, 1.54) is 0 Å². The van der Waals surface area contributed by atoms with Crippen molar-refractivity contribution in [1.82, 2.24) is 14.1 Å². The normalized spacial score (nSPS) is 10.7. The molecule has 1 amide bonds. The summed E-state index contributed by atoms with van der Waals surface area (Å²) in [7, 11) is 0. The first kappa shape index (κ1) is 15.9. The third kappa shape index (κ3) is 3.15. The lowest BCUT2D eigenvalue weighted by Crippen LogP contribution is -2.14. The highest BCUT2D eigenvalue weighted by Crippen LogP contribution is 2.19. The van der Waals surface area contributed by atoms with Gasteiger partial charge in [-0.05, 0) is 55.0 Å². The molecule has 0 aliphatic rings. The fourth-order valence-electron chi connectivity index (χ4n) is 2.88. The van der Waals surface area contributed by atoms with Gasteiger partial charge in [-0.25, -0.2) is 4.98 Å². The summed E-state index contributed by atoms with van der Waals surface area (Å²) < 4.78 is 3.88. The molecule has 0 saturated carbocycles. The molecule has 0 unspecified atom stereocenters. The topological polar surface area (TPSA) is 51.9 Å². The number of rotatable bonds is 4. The number of amides is 1. The Morgan fingerprint density at radius 1 is 0.923 bits per heavy atom. The van der Waals surface area contributed by atoms with Crippen LogP contribution in [0.1, 0.15) is 15.9 Å². The Morgan fingerprint density at radius 2 is 1.73 bits per heavy atom. The molecule has 2 heterocycles. The summed E-state index contributed by atoms with van der Waals surface area (Å²) in [6.07, 6.45) is 9.24. The molecule has 5 heteroatoms. The zero-order chi connectivity index (χ0) is 17.9. The average Bonchev–Trinajstić information content (AvgIpc) is 3.36. The van der Waals surface area contributed by atoms with Gasteiger partial charge in [-0.1, -0.05) is 12.1 Å². The highest BCUT2D eigenvalue weighted by Gasteiger charge is 2.11. The first-order chi connectivity index (χ1) is 12.7. The number of imidazole rings is 1. The van der Waals surface area contributed by atoms with Gasteiger partial charge in [-0.2, -0.15) is 0 Å². The van der Waals surface area contributed by atoms with E-state index in [0.717, 1.165) is 22.6 Å². The number of nitrogens with zero attached hydrogens (tertiary/aromatic N) is 3. The molecule has 1 N–H and O–H groups in total. The molecule has 2 aromatic carbocycles. The smallest absolute Gasteiger partial charge is 0.256 e. The summed E-state index contributed by atoms with van der Waals surface area (Å²) in [6.45, 7) is 1.94. The van der Waals surface area contributed by atoms with E-state index in [0.29, 0.717) is 5.56 Å². The Hall–Kier alpha value is -3.60. The Labute approximate surface area is 151 Å². The van der Waals surface area contributed by atoms with Crippen LogP contribution in [0.15, 0.2) is 85.7 Å². The Kier molecular flexibility index (Phi) is 4.11. The molecule has 0 bridgehead atoms. The summed E-state index contributed by atoms with van der Waals surface area (Å²) in [5, 5.41) is 2.99. The van der Waals surface area contributed by atoms with Crippen molar-refractivity contribution in [2.24, 2.45) is 0 Å². The van der Waals surface area contributed by atoms with Gasteiger partial charge >= 0.3 is 0 Å². The summed E-state index contributed by atoms with van der Waals surface area (Å²) in [6, 6.07) is 17.5. The van der Waals surface area contributed by atoms with Gasteiger partial charge in [0.05, 0.1) is 6.33 Å². The van der Waals surface area contributed by atoms with Gasteiger partial charge in [0.15, 0.2) is 0 Å². The number of hydrogen-bond donors (Lipinski definition) is 1. The van der Waals surface area contributed by atoms with Gasteiger partial charge in [-0.3, -0.25) is 4.79 Å². The molecule has 0 aliphatic heterocycles. The predicted molar refractivity (Wildman–Crippen MR) is 102 cm³/mol. The summed E-state index contributed by atoms with van der Waals surface area (Å²) in [4.78, 5) is 16.9. The maximum absolute atomic E-state index is 12.8. The molecule has 0 saturated heterocycles. The number of carbonyl (C=O) groups is 1. The van der Waals surface area contributed by atoms with Crippen LogP contribution in [0.3, 0.4) is 0 Å². The van der Waals surface area contributed by atoms with Crippen molar-refractivity contribution in [1.29, 1.82) is 0 Å². The maximum Gasteiger partial charge on any atom is 0.256 e. The van der Waals surface area contributed by atoms with Gasteiger partial charge in [0.25, 0.3) is 5.91 Å². The molecule has 26 heavy (non-hydrogen) atoms. The summed E-state index contributed by atoms with van der Waals surface area (Å²) in [5.74, 6) is -0.126. The molecule has 0 aliphatic carbocycles. The first-order valence-corrected chi connectivity index (χ1v) is 8.34. The second-order valence-electron chi connectivity index (χ2n) is 6.06. The van der Waals surface area contributed by atoms with Crippen LogP contribution in [0.2, 0.25) is 0 Å². The lowest BCUT2D eigenvalue weighted by Gasteiger charge is -2.11. The second kappa shape index (κ2) is 6.72. The zero-order valence-electron chi connectivity index (χ0n) is 14.3. The van der Waals surface area contributed by atoms with Gasteiger partial charge in [0, 0.05) is 47.4 Å². The Morgan fingerprint density at radius 3 is 2.50 bits per heavy atom. The molecule has 0 spiro atoms. The Bertz CT molecular complexity index is 1030. The van der Waals surface area contributed by atoms with Crippen LogP contribution in [0.5, 0.6) is 0 Å². The third-order valence-electron chi connectivity index (χ3n) is 4.27. The van der Waals surface area contributed by atoms with E-state index >= 15 is 0 Å². The molecule has 0 radical (unpaired) electrons. The van der Waals surface area contributed by atoms with Crippen LogP contribution in [0.4, 0.5) is 5.69 Å². The van der Waals surface area contributed by atoms with Crippen LogP contribution < -0.4 is 5.32 Å². The van der Waals surface area contributed by atoms with E-state index in [9.17, 15) is 4.79 Å². The van der Waals surface area contributed by atoms with E-state index in [4.69, 9.17) is 0 Å². The van der Waals surface area contributed by atoms with Crippen LogP contribution in [-0.2, 0) is 0 Å². The predicted octanol–water partition coefficient (Wildman–Crippen LogP) is 4.22. The van der Waals surface area contributed by atoms with Gasteiger partial charge in [-0.15, -0.1) is 0 Å². The molecule has 0 atom stereocenters. The standard InChI is InChI=1S/C21H18N4O/c1-16-7-8-19(24-10-2-3-11-24)14-20(16)21(26)23-17-5-4-6-18(13-17)25-12-9-22-15-25/h2-15H,1H3,(H,23,26). The van der Waals surface area contributed by atoms with Crippen molar-refractivity contribution in [2.75, 3.05) is 5.32 Å². The lowest BCUT2D eigenvalue weighted by atomic mass is 10.1. The van der Waals surface area contributed by atoms with Crippen LogP contribution in [0.25, 0.3) is 11.4 Å². The van der Waals surface area contributed by atoms with Gasteiger partial charge < -0.3 is 14.5 Å². The van der Waals surface area contributed by atoms with Gasteiger partial charge in [0.2, 0.25) is 0 Å². The summed E-state index contributed by atoms with van der Waals surface area (Å²) >= 11 is 0. The number of nitrogens with one attached hydrogen (secondary N) is 1. The van der Waals surface area contributed by atoms with Gasteiger partial charge in [0.1, 0.15) is 0 Å². The van der Waals surface area contributed by atoms with Crippen molar-refractivity contribution in [3.8, 4) is 11.4 Å². The van der Waals surface area contributed by atoms with Crippen molar-refractivity contribution in [2.45, 2.75) is 6.92 Å². The van der Waals surface area contributed by atoms with E-state index in [1.807, 2.05) is 89.2 Å². The highest BCUT2D eigenvalue weighted by atomic mass is 16.1. The van der Waals surface area contributed by atoms with Crippen LogP contribution in [0, 0.1) is 6.92 Å². The van der Waals surface area contributed by atoms with Crippen molar-refractivity contribution in [3.63, 3.8) is 0 Å². The zero-order valence-corrected chi connectivity index (χ0v) is 14.3. The molecule has 0 fully saturated rings. The van der Waals surface area contributed by atoms with Crippen LogP contribution >= 0.6 is 0 Å². The monoisotopic (exact) mass is 342 g/mol. The molecule has 4 aromatic rings. The first-order valence-electron chi connectivity index (χ1n) is 8.34. The number of carbonyl (C=O) groups excluding carboxylic acids is 1. The number of aryl methyl sites for hydroxylation is 1. The minimum atomic E-state index is -0.126. The lowest BCUT2D eigenvalue weighted by molar-refractivity contribution is 0.102. The molecular weight excluding hydrogens is 324 g/mol. The minimum absolute atomic E-state index is 0.126. The molecule has 5 nitrogen and oxygen atoms in total. The highest BCUT2D eigenvalue weighted by molar-refractivity contribution is 6.05. The quantitative estimate of drug-likeness (QED) is 0.603. The van der Waals surface area contributed by atoms with E-state index in [1.54, 1.807) is 12.5 Å². The third-order valence-corrected chi connectivity index (χ3v) is 4.27. The number of anilines is 1. The molecule has 2 aromatic heterocycles. The van der Waals surface area contributed by atoms with Crippen molar-refractivity contribution in [3.05, 3.63) is 96.8 Å². The SMILES string of the molecule is Cc1ccc(-n2cccc2)cc1C(=O)Nc1cccc(-n2ccnc2)c1. The largest absolute Gasteiger partial charge is 0.324 e. The van der Waals surface area contributed by atoms with Crippen LogP contribution in [-0.4, -0.2) is 20.0 Å². The number of aromatic nitrogens is 3. The van der Waals surface area contributed by atoms with E-state index in [-0.39, 0.29) is 5.91 Å². The molecular formula is C21H18N4O. The van der Waals surface area contributed by atoms with Crippen molar-refractivity contribution >= 4 is 11.6 Å². The Balaban J connectivity index is 1.61. The fraction of sp³-hybridized carbons (Fsp3) is 0.0476. The van der Waals surface area contributed by atoms with E-state index in [2.05, 4.69) is 10.3 Å². The fourth-order valence-corrected chi connectivity index (χ4v) is 2.88. The average molecular weight is 342 g/mol. The van der Waals surface area contributed by atoms with Crippen molar-refractivity contribution < 1.29 is 4.79 Å². The second-order valence-corrected chi connectivity index (χ2v) is 6.06. The number of benzene rings is 2. The summed E-state index contributed by atoms with van der Waals surface area (Å²) in [5.41, 5.74) is 4.23. The molecule has 128 valence electrons. The molecule has 4 rings (SSSR count). The minimum Gasteiger partial charge on any atom is -0.324 e. The number of hydrogen-bond acceptors (Lipinski definition) is 2.